The predicted octanol–water partition coefficient (Wildman–Crippen LogP) is 2.38. The van der Waals surface area contributed by atoms with Gasteiger partial charge in [-0.15, -0.1) is 0 Å². The Balaban J connectivity index is 1.85. The molecule has 1 saturated carbocycles. The second-order valence-electron chi connectivity index (χ2n) is 5.58. The van der Waals surface area contributed by atoms with E-state index in [-0.39, 0.29) is 24.5 Å². The second kappa shape index (κ2) is 6.20. The summed E-state index contributed by atoms with van der Waals surface area (Å²) >= 11 is 0. The fourth-order valence-electron chi connectivity index (χ4n) is 2.65. The van der Waals surface area contributed by atoms with Gasteiger partial charge >= 0.3 is 0 Å². The SMILES string of the molecule is Cc1ccccc1[C@@H]1C[C@@H]1C(=O)N[C@@H](C)CCCO. The summed E-state index contributed by atoms with van der Waals surface area (Å²) in [6.07, 6.45) is 2.54. The number of nitrogens with one attached hydrogen (secondary N) is 1. The number of amides is 1. The van der Waals surface area contributed by atoms with Crippen molar-refractivity contribution in [2.24, 2.45) is 5.92 Å². The van der Waals surface area contributed by atoms with Crippen LogP contribution in [0, 0.1) is 12.8 Å². The Kier molecular flexibility index (Phi) is 4.59. The third-order valence-electron chi connectivity index (χ3n) is 3.90. The molecule has 1 fully saturated rings. The Bertz CT molecular complexity index is 444. The number of carbonyl (C=O) groups is 1. The van der Waals surface area contributed by atoms with Gasteiger partial charge in [0.2, 0.25) is 5.91 Å². The fraction of sp³-hybridized carbons (Fsp3) is 0.562. The molecule has 1 aliphatic rings. The summed E-state index contributed by atoms with van der Waals surface area (Å²) in [5.74, 6) is 0.697. The number of hydrogen-bond donors (Lipinski definition) is 2. The van der Waals surface area contributed by atoms with E-state index in [2.05, 4.69) is 24.4 Å². The summed E-state index contributed by atoms with van der Waals surface area (Å²) in [6, 6.07) is 8.46. The van der Waals surface area contributed by atoms with Gasteiger partial charge in [-0.1, -0.05) is 24.3 Å². The highest BCUT2D eigenvalue weighted by atomic mass is 16.3. The minimum absolute atomic E-state index is 0.137. The molecule has 2 rings (SSSR count). The van der Waals surface area contributed by atoms with Crippen molar-refractivity contribution in [3.63, 3.8) is 0 Å². The van der Waals surface area contributed by atoms with E-state index < -0.39 is 0 Å². The molecule has 0 aliphatic heterocycles. The van der Waals surface area contributed by atoms with Crippen LogP contribution in [0.1, 0.15) is 43.2 Å². The highest BCUT2D eigenvalue weighted by Gasteiger charge is 2.44. The van der Waals surface area contributed by atoms with Gasteiger partial charge in [0.15, 0.2) is 0 Å². The zero-order valence-corrected chi connectivity index (χ0v) is 11.7. The number of benzene rings is 1. The van der Waals surface area contributed by atoms with Gasteiger partial charge in [0.25, 0.3) is 0 Å². The molecule has 1 aromatic rings. The van der Waals surface area contributed by atoms with Crippen molar-refractivity contribution >= 4 is 5.91 Å². The Hall–Kier alpha value is -1.35. The largest absolute Gasteiger partial charge is 0.396 e. The maximum absolute atomic E-state index is 12.1. The first-order valence-electron chi connectivity index (χ1n) is 7.10. The molecular weight excluding hydrogens is 238 g/mol. The summed E-state index contributed by atoms with van der Waals surface area (Å²) in [7, 11) is 0. The predicted molar refractivity (Wildman–Crippen MR) is 76.0 cm³/mol. The van der Waals surface area contributed by atoms with E-state index in [0.717, 1.165) is 19.3 Å². The molecule has 3 nitrogen and oxygen atoms in total. The van der Waals surface area contributed by atoms with Crippen LogP contribution >= 0.6 is 0 Å². The molecule has 0 unspecified atom stereocenters. The molecule has 19 heavy (non-hydrogen) atoms. The van der Waals surface area contributed by atoms with Crippen LogP contribution in [-0.2, 0) is 4.79 Å². The summed E-state index contributed by atoms with van der Waals surface area (Å²) in [4.78, 5) is 12.1. The number of aryl methyl sites for hydroxylation is 1. The normalized spacial score (nSPS) is 22.9. The number of carbonyl (C=O) groups excluding carboxylic acids is 1. The molecule has 0 radical (unpaired) electrons. The topological polar surface area (TPSA) is 49.3 Å². The zero-order chi connectivity index (χ0) is 13.8. The minimum Gasteiger partial charge on any atom is -0.396 e. The van der Waals surface area contributed by atoms with Crippen LogP contribution < -0.4 is 5.32 Å². The average molecular weight is 261 g/mol. The first-order chi connectivity index (χ1) is 9.13. The zero-order valence-electron chi connectivity index (χ0n) is 11.7. The van der Waals surface area contributed by atoms with E-state index in [0.29, 0.717) is 5.92 Å². The summed E-state index contributed by atoms with van der Waals surface area (Å²) < 4.78 is 0. The molecule has 3 atom stereocenters. The van der Waals surface area contributed by atoms with E-state index in [9.17, 15) is 4.79 Å². The highest BCUT2D eigenvalue weighted by Crippen LogP contribution is 2.48. The van der Waals surface area contributed by atoms with Crippen LogP contribution in [-0.4, -0.2) is 23.7 Å². The van der Waals surface area contributed by atoms with Crippen molar-refractivity contribution in [1.82, 2.24) is 5.32 Å². The first kappa shape index (κ1) is 14.1. The van der Waals surface area contributed by atoms with Crippen LogP contribution in [0.15, 0.2) is 24.3 Å². The maximum Gasteiger partial charge on any atom is 0.223 e. The molecule has 1 amide bonds. The Morgan fingerprint density at radius 1 is 1.47 bits per heavy atom. The lowest BCUT2D eigenvalue weighted by atomic mass is 10.0. The van der Waals surface area contributed by atoms with Gasteiger partial charge in [0, 0.05) is 18.6 Å². The second-order valence-corrected chi connectivity index (χ2v) is 5.58. The standard InChI is InChI=1S/C16H23NO2/c1-11-6-3-4-8-13(11)14-10-15(14)16(19)17-12(2)7-5-9-18/h3-4,6,8,12,14-15,18H,5,7,9-10H2,1-2H3,(H,17,19)/t12-,14-,15-/m0/s1. The quantitative estimate of drug-likeness (QED) is 0.826. The molecule has 0 bridgehead atoms. The van der Waals surface area contributed by atoms with Crippen LogP contribution in [0.5, 0.6) is 0 Å². The molecule has 0 aromatic heterocycles. The number of aliphatic hydroxyl groups excluding tert-OH is 1. The summed E-state index contributed by atoms with van der Waals surface area (Å²) in [5, 5.41) is 11.8. The smallest absolute Gasteiger partial charge is 0.223 e. The van der Waals surface area contributed by atoms with Crippen LogP contribution in [0.2, 0.25) is 0 Å². The molecule has 104 valence electrons. The summed E-state index contributed by atoms with van der Waals surface area (Å²) in [6.45, 7) is 4.29. The van der Waals surface area contributed by atoms with Crippen molar-refractivity contribution in [2.45, 2.75) is 45.1 Å². The molecular formula is C16H23NO2. The fourth-order valence-corrected chi connectivity index (χ4v) is 2.65. The van der Waals surface area contributed by atoms with Gasteiger partial charge in [0.1, 0.15) is 0 Å². The van der Waals surface area contributed by atoms with Gasteiger partial charge in [-0.3, -0.25) is 4.79 Å². The monoisotopic (exact) mass is 261 g/mol. The van der Waals surface area contributed by atoms with Crippen LogP contribution in [0.25, 0.3) is 0 Å². The van der Waals surface area contributed by atoms with Crippen molar-refractivity contribution in [2.75, 3.05) is 6.61 Å². The third-order valence-corrected chi connectivity index (χ3v) is 3.90. The van der Waals surface area contributed by atoms with Crippen molar-refractivity contribution in [1.29, 1.82) is 0 Å². The van der Waals surface area contributed by atoms with E-state index in [1.807, 2.05) is 19.1 Å². The first-order valence-corrected chi connectivity index (χ1v) is 7.10. The molecule has 1 aliphatic carbocycles. The lowest BCUT2D eigenvalue weighted by Crippen LogP contribution is -2.34. The highest BCUT2D eigenvalue weighted by molar-refractivity contribution is 5.83. The molecule has 0 spiro atoms. The number of rotatable bonds is 6. The lowest BCUT2D eigenvalue weighted by Gasteiger charge is -2.13. The molecule has 0 heterocycles. The third kappa shape index (κ3) is 3.57. The average Bonchev–Trinajstić information content (AvgIpc) is 3.17. The number of hydrogen-bond acceptors (Lipinski definition) is 2. The molecule has 1 aromatic carbocycles. The van der Waals surface area contributed by atoms with Crippen molar-refractivity contribution < 1.29 is 9.90 Å². The van der Waals surface area contributed by atoms with Gasteiger partial charge in [-0.2, -0.15) is 0 Å². The Morgan fingerprint density at radius 2 is 2.21 bits per heavy atom. The van der Waals surface area contributed by atoms with Crippen LogP contribution in [0.3, 0.4) is 0 Å². The van der Waals surface area contributed by atoms with Crippen molar-refractivity contribution in [3.8, 4) is 0 Å². The summed E-state index contributed by atoms with van der Waals surface area (Å²) in [5.41, 5.74) is 2.58. The Morgan fingerprint density at radius 3 is 2.89 bits per heavy atom. The van der Waals surface area contributed by atoms with Gasteiger partial charge < -0.3 is 10.4 Å². The minimum atomic E-state index is 0.137. The van der Waals surface area contributed by atoms with Gasteiger partial charge in [-0.25, -0.2) is 0 Å². The molecule has 2 N–H and O–H groups in total. The molecule has 0 saturated heterocycles. The Labute approximate surface area is 115 Å². The maximum atomic E-state index is 12.1. The van der Waals surface area contributed by atoms with Gasteiger partial charge in [0.05, 0.1) is 0 Å². The van der Waals surface area contributed by atoms with Gasteiger partial charge in [-0.05, 0) is 50.2 Å². The van der Waals surface area contributed by atoms with E-state index in [1.165, 1.54) is 11.1 Å². The van der Waals surface area contributed by atoms with E-state index in [4.69, 9.17) is 5.11 Å². The lowest BCUT2D eigenvalue weighted by molar-refractivity contribution is -0.123. The van der Waals surface area contributed by atoms with Crippen molar-refractivity contribution in [3.05, 3.63) is 35.4 Å². The van der Waals surface area contributed by atoms with Crippen LogP contribution in [0.4, 0.5) is 0 Å². The number of aliphatic hydroxyl groups is 1. The van der Waals surface area contributed by atoms with E-state index in [1.54, 1.807) is 0 Å². The molecule has 3 heteroatoms. The van der Waals surface area contributed by atoms with E-state index >= 15 is 0 Å².